The second-order valence-electron chi connectivity index (χ2n) is 5.26. The molecule has 1 aromatic carbocycles. The van der Waals surface area contributed by atoms with Crippen LogP contribution in [0.2, 0.25) is 5.02 Å². The van der Waals surface area contributed by atoms with Crippen LogP contribution in [0.4, 0.5) is 5.69 Å². The van der Waals surface area contributed by atoms with Gasteiger partial charge in [-0.15, -0.1) is 12.4 Å². The third-order valence-corrected chi connectivity index (χ3v) is 4.00. The fourth-order valence-electron chi connectivity index (χ4n) is 2.73. The van der Waals surface area contributed by atoms with Gasteiger partial charge in [0, 0.05) is 24.2 Å². The summed E-state index contributed by atoms with van der Waals surface area (Å²) in [5, 5.41) is 11.4. The first-order valence-corrected chi connectivity index (χ1v) is 7.34. The molecule has 2 N–H and O–H groups in total. The summed E-state index contributed by atoms with van der Waals surface area (Å²) in [7, 11) is 0. The van der Waals surface area contributed by atoms with Crippen LogP contribution in [-0.4, -0.2) is 35.4 Å². The Labute approximate surface area is 140 Å². The van der Waals surface area contributed by atoms with E-state index in [1.807, 2.05) is 0 Å². The van der Waals surface area contributed by atoms with Gasteiger partial charge < -0.3 is 10.6 Å². The predicted octanol–water partition coefficient (Wildman–Crippen LogP) is 2.87. The number of hydrogen-bond donors (Lipinski definition) is 1. The van der Waals surface area contributed by atoms with Crippen LogP contribution in [0.25, 0.3) is 0 Å². The summed E-state index contributed by atoms with van der Waals surface area (Å²) in [4.78, 5) is 24.7. The summed E-state index contributed by atoms with van der Waals surface area (Å²) >= 11 is 5.87. The van der Waals surface area contributed by atoms with Crippen molar-refractivity contribution >= 4 is 35.6 Å². The fourth-order valence-corrected chi connectivity index (χ4v) is 2.90. The monoisotopic (exact) mass is 347 g/mol. The van der Waals surface area contributed by atoms with Crippen LogP contribution >= 0.6 is 24.0 Å². The Morgan fingerprint density at radius 2 is 2.23 bits per heavy atom. The van der Waals surface area contributed by atoms with Gasteiger partial charge in [0.05, 0.1) is 4.92 Å². The van der Waals surface area contributed by atoms with E-state index in [2.05, 4.69) is 0 Å². The van der Waals surface area contributed by atoms with Gasteiger partial charge in [-0.3, -0.25) is 14.9 Å². The first kappa shape index (κ1) is 18.7. The van der Waals surface area contributed by atoms with Gasteiger partial charge in [0.2, 0.25) is 0 Å². The number of carbonyl (C=O) groups excluding carboxylic acids is 1. The topological polar surface area (TPSA) is 89.5 Å². The number of piperidine rings is 1. The minimum Gasteiger partial charge on any atom is -0.338 e. The van der Waals surface area contributed by atoms with Crippen LogP contribution in [0.3, 0.4) is 0 Å². The SMILES string of the molecule is Cl.NCCC1CCCN(C(=O)c2cc(Cl)ccc2[N+](=O)[O-])C1. The molecule has 0 radical (unpaired) electrons. The molecule has 1 heterocycles. The van der Waals surface area contributed by atoms with Crippen molar-refractivity contribution in [3.63, 3.8) is 0 Å². The maximum atomic E-state index is 12.6. The maximum Gasteiger partial charge on any atom is 0.282 e. The molecule has 0 aliphatic carbocycles. The fraction of sp³-hybridized carbons (Fsp3) is 0.500. The third kappa shape index (κ3) is 4.32. The number of nitrogens with zero attached hydrogens (tertiary/aromatic N) is 2. The molecule has 0 saturated carbocycles. The molecule has 122 valence electrons. The summed E-state index contributed by atoms with van der Waals surface area (Å²) in [6.07, 6.45) is 2.80. The van der Waals surface area contributed by atoms with Gasteiger partial charge in [0.15, 0.2) is 0 Å². The van der Waals surface area contributed by atoms with Gasteiger partial charge in [-0.25, -0.2) is 0 Å². The van der Waals surface area contributed by atoms with Crippen LogP contribution in [0, 0.1) is 16.0 Å². The average Bonchev–Trinajstić information content (AvgIpc) is 2.46. The molecule has 1 saturated heterocycles. The molecule has 1 aromatic rings. The average molecular weight is 348 g/mol. The molecular formula is C14H19Cl2N3O3. The predicted molar refractivity (Wildman–Crippen MR) is 87.7 cm³/mol. The van der Waals surface area contributed by atoms with E-state index in [0.29, 0.717) is 30.6 Å². The molecule has 0 spiro atoms. The van der Waals surface area contributed by atoms with Gasteiger partial charge in [-0.2, -0.15) is 0 Å². The van der Waals surface area contributed by atoms with Crippen molar-refractivity contribution in [2.75, 3.05) is 19.6 Å². The zero-order valence-electron chi connectivity index (χ0n) is 12.0. The lowest BCUT2D eigenvalue weighted by atomic mass is 9.94. The van der Waals surface area contributed by atoms with E-state index in [4.69, 9.17) is 17.3 Å². The lowest BCUT2D eigenvalue weighted by molar-refractivity contribution is -0.385. The van der Waals surface area contributed by atoms with Crippen LogP contribution in [0.5, 0.6) is 0 Å². The molecule has 1 aliphatic heterocycles. The molecule has 0 aromatic heterocycles. The molecule has 1 aliphatic rings. The molecule has 1 unspecified atom stereocenters. The number of hydrogen-bond acceptors (Lipinski definition) is 4. The van der Waals surface area contributed by atoms with Crippen molar-refractivity contribution in [3.05, 3.63) is 38.9 Å². The Morgan fingerprint density at radius 3 is 2.86 bits per heavy atom. The van der Waals surface area contributed by atoms with Gasteiger partial charge in [0.25, 0.3) is 11.6 Å². The zero-order valence-corrected chi connectivity index (χ0v) is 13.6. The first-order chi connectivity index (χ1) is 10.0. The van der Waals surface area contributed by atoms with Crippen LogP contribution in [0.1, 0.15) is 29.6 Å². The summed E-state index contributed by atoms with van der Waals surface area (Å²) in [6.45, 7) is 1.80. The first-order valence-electron chi connectivity index (χ1n) is 6.96. The molecular weight excluding hydrogens is 329 g/mol. The summed E-state index contributed by atoms with van der Waals surface area (Å²) in [5.41, 5.74) is 5.42. The molecule has 2 rings (SSSR count). The number of amides is 1. The lowest BCUT2D eigenvalue weighted by Crippen LogP contribution is -2.40. The molecule has 22 heavy (non-hydrogen) atoms. The summed E-state index contributed by atoms with van der Waals surface area (Å²) < 4.78 is 0. The van der Waals surface area contributed by atoms with Gasteiger partial charge in [0.1, 0.15) is 5.56 Å². The Bertz CT molecular complexity index is 552. The lowest BCUT2D eigenvalue weighted by Gasteiger charge is -2.32. The van der Waals surface area contributed by atoms with Crippen LogP contribution < -0.4 is 5.73 Å². The zero-order chi connectivity index (χ0) is 15.4. The Morgan fingerprint density at radius 1 is 1.50 bits per heavy atom. The van der Waals surface area contributed by atoms with Crippen molar-refractivity contribution in [1.82, 2.24) is 4.90 Å². The van der Waals surface area contributed by atoms with E-state index in [1.165, 1.54) is 18.2 Å². The Hall–Kier alpha value is -1.37. The number of nitrogens with two attached hydrogens (primary N) is 1. The maximum absolute atomic E-state index is 12.6. The Kier molecular flexibility index (Phi) is 7.06. The molecule has 8 heteroatoms. The van der Waals surface area contributed by atoms with Crippen molar-refractivity contribution in [3.8, 4) is 0 Å². The van der Waals surface area contributed by atoms with Gasteiger partial charge in [-0.05, 0) is 43.9 Å². The molecule has 1 fully saturated rings. The quantitative estimate of drug-likeness (QED) is 0.669. The number of likely N-dealkylation sites (tertiary alicyclic amines) is 1. The second-order valence-corrected chi connectivity index (χ2v) is 5.69. The molecule has 1 amide bonds. The van der Waals surface area contributed by atoms with E-state index >= 15 is 0 Å². The highest BCUT2D eigenvalue weighted by Gasteiger charge is 2.28. The standard InChI is InChI=1S/C14H18ClN3O3.ClH/c15-11-3-4-13(18(20)21)12(8-11)14(19)17-7-1-2-10(9-17)5-6-16;/h3-4,8,10H,1-2,5-7,9,16H2;1H. The number of nitro groups is 1. The highest BCUT2D eigenvalue weighted by Crippen LogP contribution is 2.27. The summed E-state index contributed by atoms with van der Waals surface area (Å²) in [5.74, 6) is 0.0388. The van der Waals surface area contributed by atoms with E-state index in [0.717, 1.165) is 19.3 Å². The molecule has 1 atom stereocenters. The number of halogens is 2. The largest absolute Gasteiger partial charge is 0.338 e. The molecule has 6 nitrogen and oxygen atoms in total. The van der Waals surface area contributed by atoms with Crippen molar-refractivity contribution in [1.29, 1.82) is 0 Å². The number of carbonyl (C=O) groups is 1. The minimum absolute atomic E-state index is 0. The smallest absolute Gasteiger partial charge is 0.282 e. The van der Waals surface area contributed by atoms with Crippen molar-refractivity contribution < 1.29 is 9.72 Å². The Balaban J connectivity index is 0.00000242. The van der Waals surface area contributed by atoms with Crippen molar-refractivity contribution in [2.24, 2.45) is 11.7 Å². The van der Waals surface area contributed by atoms with Crippen LogP contribution in [0.15, 0.2) is 18.2 Å². The van der Waals surface area contributed by atoms with Gasteiger partial charge in [-0.1, -0.05) is 11.6 Å². The number of nitro benzene ring substituents is 1. The van der Waals surface area contributed by atoms with Crippen LogP contribution in [-0.2, 0) is 0 Å². The van der Waals surface area contributed by atoms with E-state index in [1.54, 1.807) is 4.90 Å². The highest BCUT2D eigenvalue weighted by molar-refractivity contribution is 6.31. The van der Waals surface area contributed by atoms with E-state index in [-0.39, 0.29) is 29.6 Å². The summed E-state index contributed by atoms with van der Waals surface area (Å²) in [6, 6.07) is 4.06. The normalized spacial score (nSPS) is 17.7. The van der Waals surface area contributed by atoms with E-state index in [9.17, 15) is 14.9 Å². The van der Waals surface area contributed by atoms with Crippen molar-refractivity contribution in [2.45, 2.75) is 19.3 Å². The minimum atomic E-state index is -0.551. The molecule has 0 bridgehead atoms. The second kappa shape index (κ2) is 8.31. The highest BCUT2D eigenvalue weighted by atomic mass is 35.5. The third-order valence-electron chi connectivity index (χ3n) is 3.77. The number of benzene rings is 1. The number of rotatable bonds is 4. The van der Waals surface area contributed by atoms with E-state index < -0.39 is 4.92 Å². The van der Waals surface area contributed by atoms with Gasteiger partial charge >= 0.3 is 0 Å².